The van der Waals surface area contributed by atoms with E-state index in [1.165, 1.54) is 4.88 Å². The number of thiazole rings is 1. The summed E-state index contributed by atoms with van der Waals surface area (Å²) in [6.07, 6.45) is 6.57. The lowest BCUT2D eigenvalue weighted by atomic mass is 10.1. The SMILES string of the molecule is COc1cc(CN(C(=O)Cn2cccn2)[C@H]2CCCCNC2=O)ccc1OCCc1scnc1C. The molecular formula is C25H31N5O4S. The molecule has 0 unspecified atom stereocenters. The number of aryl methyl sites for hydroxylation is 1. The largest absolute Gasteiger partial charge is 0.493 e. The zero-order valence-corrected chi connectivity index (χ0v) is 20.9. The van der Waals surface area contributed by atoms with Crippen molar-refractivity contribution in [3.63, 3.8) is 0 Å². The summed E-state index contributed by atoms with van der Waals surface area (Å²) in [6.45, 7) is 3.50. The normalized spacial score (nSPS) is 15.8. The summed E-state index contributed by atoms with van der Waals surface area (Å²) in [5.41, 5.74) is 3.73. The van der Waals surface area contributed by atoms with Crippen LogP contribution in [0.5, 0.6) is 11.5 Å². The van der Waals surface area contributed by atoms with Gasteiger partial charge >= 0.3 is 0 Å². The van der Waals surface area contributed by atoms with Crippen molar-refractivity contribution >= 4 is 23.2 Å². The quantitative estimate of drug-likeness (QED) is 0.462. The van der Waals surface area contributed by atoms with Crippen molar-refractivity contribution in [3.8, 4) is 11.5 Å². The average molecular weight is 498 g/mol. The van der Waals surface area contributed by atoms with E-state index in [9.17, 15) is 9.59 Å². The molecule has 1 atom stereocenters. The highest BCUT2D eigenvalue weighted by atomic mass is 32.1. The van der Waals surface area contributed by atoms with Crippen LogP contribution < -0.4 is 14.8 Å². The Morgan fingerprint density at radius 1 is 1.31 bits per heavy atom. The van der Waals surface area contributed by atoms with E-state index < -0.39 is 6.04 Å². The lowest BCUT2D eigenvalue weighted by molar-refractivity contribution is -0.141. The van der Waals surface area contributed by atoms with Gasteiger partial charge in [-0.2, -0.15) is 5.10 Å². The highest BCUT2D eigenvalue weighted by Gasteiger charge is 2.31. The maximum atomic E-state index is 13.3. The van der Waals surface area contributed by atoms with E-state index in [1.54, 1.807) is 46.5 Å². The smallest absolute Gasteiger partial charge is 0.245 e. The number of hydrogen-bond donors (Lipinski definition) is 1. The molecular weight excluding hydrogens is 466 g/mol. The number of methoxy groups -OCH3 is 1. The third-order valence-corrected chi connectivity index (χ3v) is 7.07. The van der Waals surface area contributed by atoms with Crippen LogP contribution in [0.1, 0.15) is 35.4 Å². The van der Waals surface area contributed by atoms with Crippen LogP contribution in [-0.4, -0.2) is 57.8 Å². The molecule has 1 aliphatic heterocycles. The highest BCUT2D eigenvalue weighted by Crippen LogP contribution is 2.30. The molecule has 1 N–H and O–H groups in total. The Bertz CT molecular complexity index is 1130. The second-order valence-electron chi connectivity index (χ2n) is 8.47. The van der Waals surface area contributed by atoms with E-state index in [0.717, 1.165) is 30.5 Å². The number of carbonyl (C=O) groups is 2. The molecule has 1 aromatic carbocycles. The molecule has 186 valence electrons. The fourth-order valence-corrected chi connectivity index (χ4v) is 4.92. The molecule has 35 heavy (non-hydrogen) atoms. The zero-order valence-electron chi connectivity index (χ0n) is 20.1. The number of ether oxygens (including phenoxy) is 2. The Balaban J connectivity index is 1.49. The Morgan fingerprint density at radius 2 is 2.20 bits per heavy atom. The van der Waals surface area contributed by atoms with E-state index in [2.05, 4.69) is 15.4 Å². The molecule has 9 nitrogen and oxygen atoms in total. The summed E-state index contributed by atoms with van der Waals surface area (Å²) < 4.78 is 13.1. The molecule has 0 saturated carbocycles. The standard InChI is InChI=1S/C25H31N5O4S/c1-18-23(35-17-27-18)9-13-34-21-8-7-19(14-22(21)33-2)15-30(20-6-3-4-10-26-25(20)32)24(31)16-29-12-5-11-28-29/h5,7-8,11-12,14,17,20H,3-4,6,9-10,13,15-16H2,1-2H3,(H,26,32)/t20-/m0/s1. The molecule has 1 aliphatic rings. The third kappa shape index (κ3) is 6.39. The van der Waals surface area contributed by atoms with Crippen molar-refractivity contribution < 1.29 is 19.1 Å². The van der Waals surface area contributed by atoms with Gasteiger partial charge in [0.05, 0.1) is 24.9 Å². The number of nitrogens with one attached hydrogen (secondary N) is 1. The van der Waals surface area contributed by atoms with Crippen molar-refractivity contribution in [2.24, 2.45) is 0 Å². The maximum Gasteiger partial charge on any atom is 0.245 e. The summed E-state index contributed by atoms with van der Waals surface area (Å²) in [5, 5.41) is 7.09. The summed E-state index contributed by atoms with van der Waals surface area (Å²) in [7, 11) is 1.60. The number of nitrogens with zero attached hydrogens (tertiary/aromatic N) is 4. The van der Waals surface area contributed by atoms with Crippen LogP contribution >= 0.6 is 11.3 Å². The van der Waals surface area contributed by atoms with E-state index in [4.69, 9.17) is 9.47 Å². The Labute approximate surface area is 209 Å². The molecule has 4 rings (SSSR count). The minimum atomic E-state index is -0.523. The van der Waals surface area contributed by atoms with Crippen LogP contribution in [0.15, 0.2) is 42.2 Å². The molecule has 10 heteroatoms. The zero-order chi connectivity index (χ0) is 24.6. The number of carbonyl (C=O) groups excluding carboxylic acids is 2. The van der Waals surface area contributed by atoms with Gasteiger partial charge in [-0.1, -0.05) is 6.07 Å². The Hall–Kier alpha value is -3.40. The van der Waals surface area contributed by atoms with Gasteiger partial charge in [0.15, 0.2) is 11.5 Å². The van der Waals surface area contributed by atoms with Gasteiger partial charge in [-0.05, 0) is 49.9 Å². The predicted molar refractivity (Wildman–Crippen MR) is 132 cm³/mol. The lowest BCUT2D eigenvalue weighted by Gasteiger charge is -2.30. The second-order valence-corrected chi connectivity index (χ2v) is 9.41. The van der Waals surface area contributed by atoms with Gasteiger partial charge in [0.2, 0.25) is 11.8 Å². The third-order valence-electron chi connectivity index (χ3n) is 6.07. The Morgan fingerprint density at radius 3 is 2.94 bits per heavy atom. The van der Waals surface area contributed by atoms with E-state index >= 15 is 0 Å². The first-order chi connectivity index (χ1) is 17.0. The minimum absolute atomic E-state index is 0.0755. The maximum absolute atomic E-state index is 13.3. The molecule has 3 heterocycles. The van der Waals surface area contributed by atoms with E-state index in [1.807, 2.05) is 30.6 Å². The lowest BCUT2D eigenvalue weighted by Crippen LogP contribution is -2.49. The number of aromatic nitrogens is 3. The van der Waals surface area contributed by atoms with Crippen molar-refractivity contribution in [3.05, 3.63) is 58.3 Å². The molecule has 3 aromatic rings. The van der Waals surface area contributed by atoms with Crippen LogP contribution in [0, 0.1) is 6.92 Å². The van der Waals surface area contributed by atoms with Crippen LogP contribution in [-0.2, 0) is 29.1 Å². The number of rotatable bonds is 10. The van der Waals surface area contributed by atoms with Gasteiger partial charge in [-0.25, -0.2) is 4.98 Å². The van der Waals surface area contributed by atoms with Crippen LogP contribution in [0.3, 0.4) is 0 Å². The van der Waals surface area contributed by atoms with Crippen molar-refractivity contribution in [2.75, 3.05) is 20.3 Å². The summed E-state index contributed by atoms with van der Waals surface area (Å²) in [4.78, 5) is 33.2. The van der Waals surface area contributed by atoms with Crippen molar-refractivity contribution in [1.29, 1.82) is 0 Å². The summed E-state index contributed by atoms with van der Waals surface area (Å²) >= 11 is 1.62. The molecule has 0 spiro atoms. The molecule has 1 fully saturated rings. The molecule has 0 aliphatic carbocycles. The van der Waals surface area contributed by atoms with Gasteiger partial charge in [-0.3, -0.25) is 14.3 Å². The number of amides is 2. The molecule has 2 aromatic heterocycles. The van der Waals surface area contributed by atoms with E-state index in [-0.39, 0.29) is 24.9 Å². The fourth-order valence-electron chi connectivity index (χ4n) is 4.16. The minimum Gasteiger partial charge on any atom is -0.493 e. The average Bonchev–Trinajstić information content (AvgIpc) is 3.46. The van der Waals surface area contributed by atoms with Gasteiger partial charge in [-0.15, -0.1) is 11.3 Å². The number of benzene rings is 1. The van der Waals surface area contributed by atoms with Crippen molar-refractivity contribution in [1.82, 2.24) is 25.0 Å². The molecule has 0 radical (unpaired) electrons. The molecule has 2 amide bonds. The second kappa shape index (κ2) is 11.8. The summed E-state index contributed by atoms with van der Waals surface area (Å²) in [6, 6.07) is 6.90. The van der Waals surface area contributed by atoms with Gasteiger partial charge in [0, 0.05) is 36.8 Å². The highest BCUT2D eigenvalue weighted by molar-refractivity contribution is 7.09. The van der Waals surface area contributed by atoms with Crippen LogP contribution in [0.4, 0.5) is 0 Å². The summed E-state index contributed by atoms with van der Waals surface area (Å²) in [5.74, 6) is 0.963. The van der Waals surface area contributed by atoms with Gasteiger partial charge in [0.25, 0.3) is 0 Å². The first kappa shape index (κ1) is 24.7. The predicted octanol–water partition coefficient (Wildman–Crippen LogP) is 2.98. The van der Waals surface area contributed by atoms with Crippen LogP contribution in [0.2, 0.25) is 0 Å². The molecule has 1 saturated heterocycles. The Kier molecular flexibility index (Phi) is 8.36. The number of hydrogen-bond acceptors (Lipinski definition) is 7. The van der Waals surface area contributed by atoms with Gasteiger partial charge in [0.1, 0.15) is 12.6 Å². The van der Waals surface area contributed by atoms with Crippen LogP contribution in [0.25, 0.3) is 0 Å². The first-order valence-electron chi connectivity index (χ1n) is 11.8. The first-order valence-corrected chi connectivity index (χ1v) is 12.7. The topological polar surface area (TPSA) is 98.6 Å². The fraction of sp³-hybridized carbons (Fsp3) is 0.440. The monoisotopic (exact) mass is 497 g/mol. The van der Waals surface area contributed by atoms with Gasteiger partial charge < -0.3 is 19.7 Å². The van der Waals surface area contributed by atoms with Crippen molar-refractivity contribution in [2.45, 2.75) is 51.7 Å². The molecule has 0 bridgehead atoms. The van der Waals surface area contributed by atoms with E-state index in [0.29, 0.717) is 31.1 Å².